The molecule has 0 aromatic heterocycles. The number of benzene rings is 1. The number of nitrogens with one attached hydrogen (secondary N) is 1. The summed E-state index contributed by atoms with van der Waals surface area (Å²) in [5, 5.41) is 4.39. The van der Waals surface area contributed by atoms with Gasteiger partial charge < -0.3 is 5.32 Å². The van der Waals surface area contributed by atoms with Gasteiger partial charge in [0.1, 0.15) is 0 Å². The molecule has 1 aromatic carbocycles. The number of aryl methyl sites for hydroxylation is 1. The molecule has 0 spiro atoms. The van der Waals surface area contributed by atoms with Gasteiger partial charge in [-0.1, -0.05) is 43.5 Å². The van der Waals surface area contributed by atoms with Crippen LogP contribution in [0.3, 0.4) is 0 Å². The van der Waals surface area contributed by atoms with Crippen LogP contribution >= 0.6 is 11.6 Å². The molecule has 2 heteroatoms. The Morgan fingerprint density at radius 3 is 2.72 bits per heavy atom. The Balaban J connectivity index is 2.21. The van der Waals surface area contributed by atoms with Crippen LogP contribution in [0.2, 0.25) is 5.02 Å². The van der Waals surface area contributed by atoms with E-state index in [1.165, 1.54) is 36.8 Å². The van der Waals surface area contributed by atoms with Crippen molar-refractivity contribution in [1.29, 1.82) is 0 Å². The lowest BCUT2D eigenvalue weighted by Crippen LogP contribution is -2.29. The van der Waals surface area contributed by atoms with Gasteiger partial charge in [-0.15, -0.1) is 0 Å². The van der Waals surface area contributed by atoms with Crippen LogP contribution in [-0.4, -0.2) is 7.05 Å². The van der Waals surface area contributed by atoms with Crippen molar-refractivity contribution in [3.05, 3.63) is 34.3 Å². The van der Waals surface area contributed by atoms with Gasteiger partial charge in [0.25, 0.3) is 0 Å². The van der Waals surface area contributed by atoms with Gasteiger partial charge in [-0.25, -0.2) is 0 Å². The van der Waals surface area contributed by atoms with Gasteiger partial charge in [0.2, 0.25) is 0 Å². The molecular formula is C16H24ClN. The van der Waals surface area contributed by atoms with Crippen molar-refractivity contribution in [2.45, 2.75) is 45.6 Å². The fourth-order valence-electron chi connectivity index (χ4n) is 3.31. The highest BCUT2D eigenvalue weighted by atomic mass is 35.5. The predicted octanol–water partition coefficient (Wildman–Crippen LogP) is 4.74. The van der Waals surface area contributed by atoms with E-state index in [1.807, 2.05) is 0 Å². The standard InChI is InChI=1S/C16H24ClN/c1-11-5-4-6-13(9-11)16(18-3)14-8-7-12(2)10-15(14)17/h7-8,10-11,13,16,18H,4-6,9H2,1-3H3. The maximum atomic E-state index is 6.42. The molecule has 1 saturated carbocycles. The highest BCUT2D eigenvalue weighted by molar-refractivity contribution is 6.31. The molecule has 1 aliphatic rings. The molecule has 1 aliphatic carbocycles. The zero-order valence-electron chi connectivity index (χ0n) is 11.7. The Morgan fingerprint density at radius 2 is 2.11 bits per heavy atom. The van der Waals surface area contributed by atoms with Crippen LogP contribution < -0.4 is 5.32 Å². The van der Waals surface area contributed by atoms with Crippen LogP contribution in [0.15, 0.2) is 18.2 Å². The highest BCUT2D eigenvalue weighted by Crippen LogP contribution is 2.39. The van der Waals surface area contributed by atoms with Crippen molar-refractivity contribution in [3.63, 3.8) is 0 Å². The normalized spacial score (nSPS) is 26.0. The Kier molecular flexibility index (Phi) is 4.69. The van der Waals surface area contributed by atoms with E-state index in [-0.39, 0.29) is 0 Å². The first kappa shape index (κ1) is 13.9. The lowest BCUT2D eigenvalue weighted by molar-refractivity contribution is 0.230. The van der Waals surface area contributed by atoms with Crippen molar-refractivity contribution in [2.75, 3.05) is 7.05 Å². The summed E-state index contributed by atoms with van der Waals surface area (Å²) in [6.07, 6.45) is 5.37. The molecule has 0 amide bonds. The van der Waals surface area contributed by atoms with Gasteiger partial charge in [0, 0.05) is 11.1 Å². The monoisotopic (exact) mass is 265 g/mol. The topological polar surface area (TPSA) is 12.0 Å². The van der Waals surface area contributed by atoms with Gasteiger partial charge in [-0.2, -0.15) is 0 Å². The summed E-state index contributed by atoms with van der Waals surface area (Å²) in [5.74, 6) is 1.57. The molecule has 3 atom stereocenters. The largest absolute Gasteiger partial charge is 0.313 e. The molecule has 0 heterocycles. The van der Waals surface area contributed by atoms with Crippen LogP contribution in [0.25, 0.3) is 0 Å². The quantitative estimate of drug-likeness (QED) is 0.833. The van der Waals surface area contributed by atoms with Crippen molar-refractivity contribution in [1.82, 2.24) is 5.32 Å². The van der Waals surface area contributed by atoms with E-state index < -0.39 is 0 Å². The van der Waals surface area contributed by atoms with Crippen LogP contribution in [-0.2, 0) is 0 Å². The average Bonchev–Trinajstić information content (AvgIpc) is 2.33. The van der Waals surface area contributed by atoms with Crippen LogP contribution in [0.1, 0.15) is 49.8 Å². The van der Waals surface area contributed by atoms with E-state index in [2.05, 4.69) is 44.4 Å². The third-order valence-electron chi connectivity index (χ3n) is 4.25. The minimum absolute atomic E-state index is 0.404. The van der Waals surface area contributed by atoms with Gasteiger partial charge in [0.05, 0.1) is 0 Å². The Hall–Kier alpha value is -0.530. The lowest BCUT2D eigenvalue weighted by Gasteiger charge is -2.34. The second-order valence-corrected chi connectivity index (χ2v) is 6.23. The van der Waals surface area contributed by atoms with E-state index in [0.29, 0.717) is 6.04 Å². The van der Waals surface area contributed by atoms with Crippen molar-refractivity contribution in [2.24, 2.45) is 11.8 Å². The van der Waals surface area contributed by atoms with E-state index in [9.17, 15) is 0 Å². The fraction of sp³-hybridized carbons (Fsp3) is 0.625. The molecule has 1 N–H and O–H groups in total. The summed E-state index contributed by atoms with van der Waals surface area (Å²) in [5.41, 5.74) is 2.50. The van der Waals surface area contributed by atoms with Gasteiger partial charge in [-0.3, -0.25) is 0 Å². The minimum Gasteiger partial charge on any atom is -0.313 e. The van der Waals surface area contributed by atoms with Crippen LogP contribution in [0.5, 0.6) is 0 Å². The molecule has 100 valence electrons. The summed E-state index contributed by atoms with van der Waals surface area (Å²) in [6.45, 7) is 4.46. The molecule has 2 rings (SSSR count). The second kappa shape index (κ2) is 6.08. The molecule has 18 heavy (non-hydrogen) atoms. The van der Waals surface area contributed by atoms with Gasteiger partial charge in [0.15, 0.2) is 0 Å². The van der Waals surface area contributed by atoms with E-state index in [4.69, 9.17) is 11.6 Å². The number of hydrogen-bond donors (Lipinski definition) is 1. The number of hydrogen-bond acceptors (Lipinski definition) is 1. The molecule has 1 fully saturated rings. The zero-order valence-corrected chi connectivity index (χ0v) is 12.4. The molecule has 3 unspecified atom stereocenters. The third kappa shape index (κ3) is 3.07. The second-order valence-electron chi connectivity index (χ2n) is 5.82. The molecule has 1 aromatic rings. The van der Waals surface area contributed by atoms with Crippen molar-refractivity contribution < 1.29 is 0 Å². The Morgan fingerprint density at radius 1 is 1.33 bits per heavy atom. The first-order valence-corrected chi connectivity index (χ1v) is 7.43. The predicted molar refractivity (Wildman–Crippen MR) is 79.1 cm³/mol. The molecule has 0 radical (unpaired) electrons. The summed E-state index contributed by atoms with van der Waals surface area (Å²) >= 11 is 6.42. The van der Waals surface area contributed by atoms with Crippen molar-refractivity contribution >= 4 is 11.6 Å². The molecular weight excluding hydrogens is 242 g/mol. The molecule has 0 aliphatic heterocycles. The summed E-state index contributed by atoms with van der Waals surface area (Å²) in [4.78, 5) is 0. The number of halogens is 1. The first-order chi connectivity index (χ1) is 8.61. The van der Waals surface area contributed by atoms with Crippen LogP contribution in [0, 0.1) is 18.8 Å². The molecule has 0 bridgehead atoms. The van der Waals surface area contributed by atoms with Gasteiger partial charge in [-0.05, 0) is 55.8 Å². The van der Waals surface area contributed by atoms with E-state index in [0.717, 1.165) is 16.9 Å². The SMILES string of the molecule is CNC(c1ccc(C)cc1Cl)C1CCCC(C)C1. The fourth-order valence-corrected chi connectivity index (χ4v) is 3.67. The van der Waals surface area contributed by atoms with Crippen LogP contribution in [0.4, 0.5) is 0 Å². The smallest absolute Gasteiger partial charge is 0.0456 e. The Labute approximate surface area is 116 Å². The number of rotatable bonds is 3. The minimum atomic E-state index is 0.404. The lowest BCUT2D eigenvalue weighted by atomic mass is 9.76. The summed E-state index contributed by atoms with van der Waals surface area (Å²) < 4.78 is 0. The Bertz CT molecular complexity index is 402. The van der Waals surface area contributed by atoms with E-state index >= 15 is 0 Å². The molecule has 0 saturated heterocycles. The maximum Gasteiger partial charge on any atom is 0.0456 e. The summed E-state index contributed by atoms with van der Waals surface area (Å²) in [6, 6.07) is 6.84. The summed E-state index contributed by atoms with van der Waals surface area (Å²) in [7, 11) is 2.06. The third-order valence-corrected chi connectivity index (χ3v) is 4.58. The molecule has 1 nitrogen and oxygen atoms in total. The van der Waals surface area contributed by atoms with Gasteiger partial charge >= 0.3 is 0 Å². The highest BCUT2D eigenvalue weighted by Gasteiger charge is 2.27. The van der Waals surface area contributed by atoms with E-state index in [1.54, 1.807) is 0 Å². The zero-order chi connectivity index (χ0) is 13.1. The maximum absolute atomic E-state index is 6.42. The van der Waals surface area contributed by atoms with Crippen molar-refractivity contribution in [3.8, 4) is 0 Å². The average molecular weight is 266 g/mol. The first-order valence-electron chi connectivity index (χ1n) is 7.05.